The Bertz CT molecular complexity index is 329. The third kappa shape index (κ3) is 4.74. The van der Waals surface area contributed by atoms with Gasteiger partial charge in [-0.3, -0.25) is 4.79 Å². The Balaban J connectivity index is 1.70. The molecule has 1 amide bonds. The van der Waals surface area contributed by atoms with Gasteiger partial charge in [0.25, 0.3) is 0 Å². The highest BCUT2D eigenvalue weighted by atomic mass is 16.3. The summed E-state index contributed by atoms with van der Waals surface area (Å²) in [4.78, 5) is 12.0. The molecule has 0 aliphatic carbocycles. The van der Waals surface area contributed by atoms with Crippen molar-refractivity contribution in [2.75, 3.05) is 6.54 Å². The molecule has 4 heteroatoms. The summed E-state index contributed by atoms with van der Waals surface area (Å²) in [6.07, 6.45) is 6.13. The number of fused-ring (bicyclic) bond motifs is 2. The Labute approximate surface area is 122 Å². The van der Waals surface area contributed by atoms with E-state index >= 15 is 0 Å². The predicted octanol–water partition coefficient (Wildman–Crippen LogP) is 1.82. The number of hydrogen-bond acceptors (Lipinski definition) is 3. The minimum atomic E-state index is -0.795. The molecule has 0 radical (unpaired) electrons. The van der Waals surface area contributed by atoms with Gasteiger partial charge in [0, 0.05) is 25.0 Å². The lowest BCUT2D eigenvalue weighted by atomic mass is 9.89. The van der Waals surface area contributed by atoms with Crippen molar-refractivity contribution in [3.8, 4) is 0 Å². The van der Waals surface area contributed by atoms with Crippen LogP contribution in [0.1, 0.15) is 59.3 Å². The van der Waals surface area contributed by atoms with E-state index in [1.807, 2.05) is 0 Å². The van der Waals surface area contributed by atoms with E-state index in [-0.39, 0.29) is 5.91 Å². The molecule has 2 rings (SSSR count). The van der Waals surface area contributed by atoms with Crippen molar-refractivity contribution in [2.45, 2.75) is 77.0 Å². The molecule has 20 heavy (non-hydrogen) atoms. The molecule has 3 atom stereocenters. The largest absolute Gasteiger partial charge is 0.388 e. The van der Waals surface area contributed by atoms with Crippen LogP contribution in [0, 0.1) is 11.8 Å². The molecule has 0 spiro atoms. The van der Waals surface area contributed by atoms with Gasteiger partial charge < -0.3 is 15.7 Å². The molecule has 3 N–H and O–H groups in total. The fourth-order valence-electron chi connectivity index (χ4n) is 3.92. The third-order valence-corrected chi connectivity index (χ3v) is 4.56. The first-order valence-electron chi connectivity index (χ1n) is 8.09. The molecule has 4 nitrogen and oxygen atoms in total. The lowest BCUT2D eigenvalue weighted by molar-refractivity contribution is -0.123. The van der Waals surface area contributed by atoms with E-state index < -0.39 is 5.60 Å². The van der Waals surface area contributed by atoms with Gasteiger partial charge in [0.05, 0.1) is 5.60 Å². The molecule has 2 saturated heterocycles. The second-order valence-corrected chi connectivity index (χ2v) is 7.55. The van der Waals surface area contributed by atoms with E-state index in [4.69, 9.17) is 0 Å². The van der Waals surface area contributed by atoms with E-state index in [9.17, 15) is 9.90 Å². The summed E-state index contributed by atoms with van der Waals surface area (Å²) in [5.74, 6) is 1.05. The lowest BCUT2D eigenvalue weighted by Crippen LogP contribution is -2.43. The fraction of sp³-hybridized carbons (Fsp3) is 0.938. The Morgan fingerprint density at radius 2 is 1.95 bits per heavy atom. The van der Waals surface area contributed by atoms with Gasteiger partial charge in [0.1, 0.15) is 0 Å². The van der Waals surface area contributed by atoms with Gasteiger partial charge in [0.2, 0.25) is 5.91 Å². The van der Waals surface area contributed by atoms with Crippen LogP contribution in [0.3, 0.4) is 0 Å². The van der Waals surface area contributed by atoms with Gasteiger partial charge in [-0.1, -0.05) is 13.8 Å². The smallest absolute Gasteiger partial charge is 0.220 e. The first-order chi connectivity index (χ1) is 9.34. The summed E-state index contributed by atoms with van der Waals surface area (Å²) in [6, 6.07) is 1.27. The van der Waals surface area contributed by atoms with Crippen LogP contribution < -0.4 is 10.6 Å². The van der Waals surface area contributed by atoms with Crippen LogP contribution in [0.4, 0.5) is 0 Å². The van der Waals surface area contributed by atoms with Gasteiger partial charge in [0.15, 0.2) is 0 Å². The standard InChI is InChI=1S/C16H30N2O2/c1-11(2)9-16(3,20)10-17-15(19)8-12-6-13-4-5-14(7-12)18-13/h11-14,18,20H,4-10H2,1-3H3,(H,17,19). The molecule has 0 saturated carbocycles. The maximum atomic E-state index is 12.0. The van der Waals surface area contributed by atoms with Crippen molar-refractivity contribution in [3.63, 3.8) is 0 Å². The number of carbonyl (C=O) groups is 1. The molecule has 2 aliphatic rings. The van der Waals surface area contributed by atoms with E-state index in [0.717, 1.165) is 12.8 Å². The van der Waals surface area contributed by atoms with Gasteiger partial charge in [-0.2, -0.15) is 0 Å². The molecule has 3 unspecified atom stereocenters. The van der Waals surface area contributed by atoms with E-state index in [0.29, 0.717) is 43.3 Å². The van der Waals surface area contributed by atoms with Gasteiger partial charge in [-0.15, -0.1) is 0 Å². The monoisotopic (exact) mass is 282 g/mol. The highest BCUT2D eigenvalue weighted by Crippen LogP contribution is 2.32. The normalized spacial score (nSPS) is 32.1. The SMILES string of the molecule is CC(C)CC(C)(O)CNC(=O)CC1CC2CCC(C1)N2. The molecule has 0 aromatic heterocycles. The zero-order chi connectivity index (χ0) is 14.8. The average molecular weight is 282 g/mol. The number of aliphatic hydroxyl groups is 1. The van der Waals surface area contributed by atoms with Crippen molar-refractivity contribution < 1.29 is 9.90 Å². The van der Waals surface area contributed by atoms with Crippen LogP contribution in [0.2, 0.25) is 0 Å². The summed E-state index contributed by atoms with van der Waals surface area (Å²) in [6.45, 7) is 6.34. The lowest BCUT2D eigenvalue weighted by Gasteiger charge is -2.29. The average Bonchev–Trinajstić information content (AvgIpc) is 2.65. The predicted molar refractivity (Wildman–Crippen MR) is 80.4 cm³/mol. The van der Waals surface area contributed by atoms with Crippen molar-refractivity contribution >= 4 is 5.91 Å². The van der Waals surface area contributed by atoms with Crippen LogP contribution in [0.15, 0.2) is 0 Å². The topological polar surface area (TPSA) is 61.4 Å². The number of hydrogen-bond donors (Lipinski definition) is 3. The second kappa shape index (κ2) is 6.44. The molecular formula is C16H30N2O2. The van der Waals surface area contributed by atoms with Crippen molar-refractivity contribution in [2.24, 2.45) is 11.8 Å². The maximum absolute atomic E-state index is 12.0. The van der Waals surface area contributed by atoms with Crippen LogP contribution >= 0.6 is 0 Å². The molecule has 2 fully saturated rings. The molecular weight excluding hydrogens is 252 g/mol. The number of nitrogens with one attached hydrogen (secondary N) is 2. The minimum Gasteiger partial charge on any atom is -0.388 e. The van der Waals surface area contributed by atoms with Crippen molar-refractivity contribution in [1.29, 1.82) is 0 Å². The Kier molecular flexibility index (Phi) is 5.08. The van der Waals surface area contributed by atoms with E-state index in [2.05, 4.69) is 24.5 Å². The Morgan fingerprint density at radius 3 is 2.50 bits per heavy atom. The van der Waals surface area contributed by atoms with Crippen LogP contribution in [0.5, 0.6) is 0 Å². The maximum Gasteiger partial charge on any atom is 0.220 e. The third-order valence-electron chi connectivity index (χ3n) is 4.56. The van der Waals surface area contributed by atoms with Crippen molar-refractivity contribution in [3.05, 3.63) is 0 Å². The van der Waals surface area contributed by atoms with Gasteiger partial charge in [-0.05, 0) is 50.9 Å². The molecule has 2 bridgehead atoms. The molecule has 116 valence electrons. The summed E-state index contributed by atoms with van der Waals surface area (Å²) in [5, 5.41) is 16.7. The first-order valence-corrected chi connectivity index (χ1v) is 8.09. The van der Waals surface area contributed by atoms with Gasteiger partial charge >= 0.3 is 0 Å². The number of piperidine rings is 1. The highest BCUT2D eigenvalue weighted by molar-refractivity contribution is 5.76. The summed E-state index contributed by atoms with van der Waals surface area (Å²) in [5.41, 5.74) is -0.795. The Morgan fingerprint density at radius 1 is 1.35 bits per heavy atom. The molecule has 2 heterocycles. The van der Waals surface area contributed by atoms with E-state index in [1.165, 1.54) is 12.8 Å². The van der Waals surface area contributed by atoms with Crippen molar-refractivity contribution in [1.82, 2.24) is 10.6 Å². The molecule has 0 aromatic rings. The first kappa shape index (κ1) is 15.8. The second-order valence-electron chi connectivity index (χ2n) is 7.55. The summed E-state index contributed by atoms with van der Waals surface area (Å²) >= 11 is 0. The van der Waals surface area contributed by atoms with Gasteiger partial charge in [-0.25, -0.2) is 0 Å². The quantitative estimate of drug-likeness (QED) is 0.696. The summed E-state index contributed by atoms with van der Waals surface area (Å²) < 4.78 is 0. The number of amides is 1. The van der Waals surface area contributed by atoms with E-state index in [1.54, 1.807) is 6.92 Å². The van der Waals surface area contributed by atoms with Crippen LogP contribution in [-0.4, -0.2) is 35.2 Å². The molecule has 2 aliphatic heterocycles. The number of rotatable bonds is 6. The fourth-order valence-corrected chi connectivity index (χ4v) is 3.92. The number of carbonyl (C=O) groups excluding carboxylic acids is 1. The summed E-state index contributed by atoms with van der Waals surface area (Å²) in [7, 11) is 0. The zero-order valence-corrected chi connectivity index (χ0v) is 13.1. The Hall–Kier alpha value is -0.610. The molecule has 0 aromatic carbocycles. The van der Waals surface area contributed by atoms with Crippen LogP contribution in [0.25, 0.3) is 0 Å². The highest BCUT2D eigenvalue weighted by Gasteiger charge is 2.34. The zero-order valence-electron chi connectivity index (χ0n) is 13.1. The van der Waals surface area contributed by atoms with Crippen LogP contribution in [-0.2, 0) is 4.79 Å². The minimum absolute atomic E-state index is 0.0975.